The molecule has 23 heavy (non-hydrogen) atoms. The van der Waals surface area contributed by atoms with Crippen LogP contribution in [-0.2, 0) is 4.79 Å². The van der Waals surface area contributed by atoms with Crippen LogP contribution in [0, 0.1) is 5.82 Å². The third-order valence-electron chi connectivity index (χ3n) is 3.45. The van der Waals surface area contributed by atoms with Crippen molar-refractivity contribution < 1.29 is 19.0 Å². The van der Waals surface area contributed by atoms with E-state index in [1.807, 2.05) is 13.8 Å². The zero-order valence-corrected chi connectivity index (χ0v) is 13.2. The highest BCUT2D eigenvalue weighted by molar-refractivity contribution is 5.88. The number of carboxylic acid groups (broad SMARTS) is 1. The monoisotopic (exact) mass is 315 g/mol. The van der Waals surface area contributed by atoms with Crippen molar-refractivity contribution in [2.45, 2.75) is 19.8 Å². The largest absolute Gasteiger partial charge is 0.481 e. The van der Waals surface area contributed by atoms with Gasteiger partial charge in [-0.1, -0.05) is 13.8 Å². The van der Waals surface area contributed by atoms with Gasteiger partial charge in [-0.15, -0.1) is 0 Å². The fourth-order valence-corrected chi connectivity index (χ4v) is 2.38. The van der Waals surface area contributed by atoms with Crippen LogP contribution in [0.2, 0.25) is 0 Å². The van der Waals surface area contributed by atoms with Crippen LogP contribution in [0.15, 0.2) is 36.5 Å². The molecule has 4 nitrogen and oxygen atoms in total. The number of carboxylic acids is 1. The minimum Gasteiger partial charge on any atom is -0.481 e. The lowest BCUT2D eigenvalue weighted by Gasteiger charge is -2.16. The minimum absolute atomic E-state index is 0.0432. The van der Waals surface area contributed by atoms with Gasteiger partial charge in [0.2, 0.25) is 5.88 Å². The van der Waals surface area contributed by atoms with Crippen LogP contribution in [0.25, 0.3) is 17.2 Å². The first-order chi connectivity index (χ1) is 10.9. The molecule has 0 amide bonds. The highest BCUT2D eigenvalue weighted by atomic mass is 19.1. The van der Waals surface area contributed by atoms with E-state index >= 15 is 0 Å². The van der Waals surface area contributed by atoms with Crippen LogP contribution in [0.5, 0.6) is 5.88 Å². The summed E-state index contributed by atoms with van der Waals surface area (Å²) in [5.41, 5.74) is 2.74. The van der Waals surface area contributed by atoms with E-state index < -0.39 is 5.97 Å². The summed E-state index contributed by atoms with van der Waals surface area (Å²) in [5, 5.41) is 8.91. The normalized spacial score (nSPS) is 11.2. The Labute approximate surface area is 134 Å². The average molecular weight is 315 g/mol. The molecule has 0 atom stereocenters. The molecule has 2 rings (SSSR count). The molecule has 5 heteroatoms. The van der Waals surface area contributed by atoms with Crippen molar-refractivity contribution in [3.8, 4) is 17.0 Å². The Balaban J connectivity index is 2.71. The summed E-state index contributed by atoms with van der Waals surface area (Å²) in [4.78, 5) is 14.9. The first-order valence-corrected chi connectivity index (χ1v) is 7.17. The molecule has 0 aliphatic heterocycles. The summed E-state index contributed by atoms with van der Waals surface area (Å²) in [6.45, 7) is 3.87. The summed E-state index contributed by atoms with van der Waals surface area (Å²) in [5.74, 6) is -0.970. The number of aliphatic carboxylic acids is 1. The summed E-state index contributed by atoms with van der Waals surface area (Å²) >= 11 is 0. The van der Waals surface area contributed by atoms with Crippen molar-refractivity contribution in [3.05, 3.63) is 53.5 Å². The quantitative estimate of drug-likeness (QED) is 0.843. The van der Waals surface area contributed by atoms with Crippen LogP contribution in [0.1, 0.15) is 30.9 Å². The maximum atomic E-state index is 14.0. The molecule has 0 saturated carbocycles. The lowest BCUT2D eigenvalue weighted by atomic mass is 9.90. The van der Waals surface area contributed by atoms with Crippen LogP contribution in [-0.4, -0.2) is 23.2 Å². The number of benzene rings is 1. The number of nitrogens with zero attached hydrogens (tertiary/aromatic N) is 1. The number of pyridine rings is 1. The van der Waals surface area contributed by atoms with Gasteiger partial charge in [-0.2, -0.15) is 0 Å². The van der Waals surface area contributed by atoms with E-state index in [1.165, 1.54) is 25.3 Å². The second kappa shape index (κ2) is 7.05. The first kappa shape index (κ1) is 16.7. The molecule has 2 aromatic rings. The molecule has 0 aliphatic carbocycles. The molecule has 120 valence electrons. The summed E-state index contributed by atoms with van der Waals surface area (Å²) in [7, 11) is 1.50. The highest BCUT2D eigenvalue weighted by Gasteiger charge is 2.14. The lowest BCUT2D eigenvalue weighted by Crippen LogP contribution is -1.99. The topological polar surface area (TPSA) is 59.4 Å². The number of hydrogen-bond donors (Lipinski definition) is 1. The van der Waals surface area contributed by atoms with Gasteiger partial charge in [0.05, 0.1) is 7.11 Å². The van der Waals surface area contributed by atoms with E-state index in [1.54, 1.807) is 18.3 Å². The molecule has 0 unspecified atom stereocenters. The Kier molecular flexibility index (Phi) is 5.11. The van der Waals surface area contributed by atoms with Gasteiger partial charge in [-0.25, -0.2) is 14.2 Å². The van der Waals surface area contributed by atoms with Crippen molar-refractivity contribution in [1.82, 2.24) is 4.98 Å². The van der Waals surface area contributed by atoms with E-state index in [0.717, 1.165) is 11.6 Å². The molecule has 0 bridgehead atoms. The van der Waals surface area contributed by atoms with Crippen LogP contribution >= 0.6 is 0 Å². The van der Waals surface area contributed by atoms with E-state index in [2.05, 4.69) is 4.98 Å². The standard InChI is InChI=1S/C18H18FNO3/c1-11(2)15-9-13(19)10-16(14(15)4-5-18(21)22)12-6-7-20-17(8-12)23-3/h4-11H,1-3H3,(H,21,22). The fourth-order valence-electron chi connectivity index (χ4n) is 2.38. The molecule has 0 saturated heterocycles. The maximum Gasteiger partial charge on any atom is 0.328 e. The van der Waals surface area contributed by atoms with E-state index in [4.69, 9.17) is 9.84 Å². The van der Waals surface area contributed by atoms with Crippen molar-refractivity contribution in [2.24, 2.45) is 0 Å². The number of rotatable bonds is 5. The Morgan fingerprint density at radius 2 is 2.09 bits per heavy atom. The number of halogens is 1. The maximum absolute atomic E-state index is 14.0. The van der Waals surface area contributed by atoms with Gasteiger partial charge < -0.3 is 9.84 Å². The number of methoxy groups -OCH3 is 1. The van der Waals surface area contributed by atoms with E-state index in [0.29, 0.717) is 22.6 Å². The predicted octanol–water partition coefficient (Wildman–Crippen LogP) is 4.12. The van der Waals surface area contributed by atoms with Gasteiger partial charge in [-0.3, -0.25) is 0 Å². The third-order valence-corrected chi connectivity index (χ3v) is 3.45. The van der Waals surface area contributed by atoms with Gasteiger partial charge in [0, 0.05) is 18.3 Å². The highest BCUT2D eigenvalue weighted by Crippen LogP contribution is 2.33. The van der Waals surface area contributed by atoms with E-state index in [-0.39, 0.29) is 11.7 Å². The molecule has 0 spiro atoms. The molecular weight excluding hydrogens is 297 g/mol. The summed E-state index contributed by atoms with van der Waals surface area (Å²) in [6.07, 6.45) is 4.12. The Morgan fingerprint density at radius 3 is 2.70 bits per heavy atom. The van der Waals surface area contributed by atoms with Crippen molar-refractivity contribution in [1.29, 1.82) is 0 Å². The van der Waals surface area contributed by atoms with Crippen LogP contribution in [0.4, 0.5) is 4.39 Å². The van der Waals surface area contributed by atoms with E-state index in [9.17, 15) is 9.18 Å². The SMILES string of the molecule is COc1cc(-c2cc(F)cc(C(C)C)c2C=CC(=O)O)ccn1. The van der Waals surface area contributed by atoms with Crippen molar-refractivity contribution >= 4 is 12.0 Å². The van der Waals surface area contributed by atoms with Crippen molar-refractivity contribution in [3.63, 3.8) is 0 Å². The number of aromatic nitrogens is 1. The van der Waals surface area contributed by atoms with Gasteiger partial charge in [-0.05, 0) is 52.4 Å². The Morgan fingerprint density at radius 1 is 1.35 bits per heavy atom. The average Bonchev–Trinajstić information content (AvgIpc) is 2.52. The van der Waals surface area contributed by atoms with Gasteiger partial charge in [0.25, 0.3) is 0 Å². The number of carbonyl (C=O) groups is 1. The molecule has 1 heterocycles. The molecular formula is C18H18FNO3. The van der Waals surface area contributed by atoms with Crippen molar-refractivity contribution in [2.75, 3.05) is 7.11 Å². The molecule has 1 aromatic carbocycles. The number of ether oxygens (including phenoxy) is 1. The zero-order valence-electron chi connectivity index (χ0n) is 13.2. The lowest BCUT2D eigenvalue weighted by molar-refractivity contribution is -0.131. The van der Waals surface area contributed by atoms with Crippen LogP contribution < -0.4 is 4.74 Å². The molecule has 0 fully saturated rings. The Bertz CT molecular complexity index is 754. The molecule has 1 aromatic heterocycles. The van der Waals surface area contributed by atoms with Gasteiger partial charge in [0.1, 0.15) is 5.82 Å². The predicted molar refractivity (Wildman–Crippen MR) is 86.9 cm³/mol. The van der Waals surface area contributed by atoms with Gasteiger partial charge >= 0.3 is 5.97 Å². The second-order valence-corrected chi connectivity index (χ2v) is 5.37. The fraction of sp³-hybridized carbons (Fsp3) is 0.222. The second-order valence-electron chi connectivity index (χ2n) is 5.37. The molecule has 0 radical (unpaired) electrons. The molecule has 1 N–H and O–H groups in total. The minimum atomic E-state index is -1.05. The smallest absolute Gasteiger partial charge is 0.328 e. The Hall–Kier alpha value is -2.69. The zero-order chi connectivity index (χ0) is 17.0. The first-order valence-electron chi connectivity index (χ1n) is 7.17. The van der Waals surface area contributed by atoms with Gasteiger partial charge in [0.15, 0.2) is 0 Å². The third kappa shape index (κ3) is 3.94. The number of hydrogen-bond acceptors (Lipinski definition) is 3. The van der Waals surface area contributed by atoms with Crippen LogP contribution in [0.3, 0.4) is 0 Å². The molecule has 0 aliphatic rings. The summed E-state index contributed by atoms with van der Waals surface area (Å²) in [6, 6.07) is 6.26. The summed E-state index contributed by atoms with van der Waals surface area (Å²) < 4.78 is 19.2.